The van der Waals surface area contributed by atoms with Crippen LogP contribution in [0.25, 0.3) is 0 Å². The third-order valence-corrected chi connectivity index (χ3v) is 3.78. The molecule has 1 heterocycles. The maximum absolute atomic E-state index is 5.97. The average Bonchev–Trinajstić information content (AvgIpc) is 2.51. The minimum atomic E-state index is 0.256. The van der Waals surface area contributed by atoms with Gasteiger partial charge in [-0.15, -0.1) is 0 Å². The summed E-state index contributed by atoms with van der Waals surface area (Å²) in [7, 11) is 1.94. The van der Waals surface area contributed by atoms with Gasteiger partial charge in [0.25, 0.3) is 0 Å². The van der Waals surface area contributed by atoms with Crippen molar-refractivity contribution in [2.24, 2.45) is 24.1 Å². The van der Waals surface area contributed by atoms with E-state index >= 15 is 0 Å². The van der Waals surface area contributed by atoms with E-state index in [1.54, 1.807) is 6.33 Å². The van der Waals surface area contributed by atoms with Gasteiger partial charge in [0.2, 0.25) is 0 Å². The Morgan fingerprint density at radius 2 is 2.36 bits per heavy atom. The topological polar surface area (TPSA) is 56.7 Å². The first kappa shape index (κ1) is 9.65. The predicted molar refractivity (Wildman–Crippen MR) is 54.6 cm³/mol. The normalized spacial score (nSPS) is 30.0. The Morgan fingerprint density at radius 1 is 1.64 bits per heavy atom. The van der Waals surface area contributed by atoms with Crippen LogP contribution in [0, 0.1) is 11.3 Å². The average molecular weight is 194 g/mol. The molecule has 1 fully saturated rings. The van der Waals surface area contributed by atoms with Gasteiger partial charge in [-0.25, -0.2) is 4.98 Å². The number of nitrogens with zero attached hydrogens (tertiary/aromatic N) is 3. The molecular formula is C10H18N4. The number of hydrogen-bond acceptors (Lipinski definition) is 3. The van der Waals surface area contributed by atoms with Crippen molar-refractivity contribution in [2.45, 2.75) is 32.7 Å². The number of aryl methyl sites for hydroxylation is 1. The Labute approximate surface area is 84.5 Å². The van der Waals surface area contributed by atoms with Crippen molar-refractivity contribution in [3.05, 3.63) is 12.2 Å². The molecule has 1 aliphatic carbocycles. The lowest BCUT2D eigenvalue weighted by molar-refractivity contribution is 0.0362. The fourth-order valence-electron chi connectivity index (χ4n) is 2.13. The van der Waals surface area contributed by atoms with Gasteiger partial charge in [-0.05, 0) is 17.8 Å². The van der Waals surface area contributed by atoms with Gasteiger partial charge in [0, 0.05) is 19.5 Å². The summed E-state index contributed by atoms with van der Waals surface area (Å²) in [5.41, 5.74) is 6.23. The van der Waals surface area contributed by atoms with E-state index in [4.69, 9.17) is 5.73 Å². The monoisotopic (exact) mass is 194 g/mol. The zero-order valence-corrected chi connectivity index (χ0v) is 9.07. The molecule has 4 heteroatoms. The van der Waals surface area contributed by atoms with E-state index < -0.39 is 0 Å². The molecule has 0 radical (unpaired) electrons. The summed E-state index contributed by atoms with van der Waals surface area (Å²) in [6.45, 7) is 4.48. The van der Waals surface area contributed by atoms with Gasteiger partial charge < -0.3 is 5.73 Å². The van der Waals surface area contributed by atoms with Crippen LogP contribution in [-0.4, -0.2) is 20.8 Å². The molecule has 0 saturated heterocycles. The van der Waals surface area contributed by atoms with Crippen LogP contribution in [-0.2, 0) is 13.5 Å². The Bertz CT molecular complexity index is 329. The van der Waals surface area contributed by atoms with E-state index in [1.807, 2.05) is 11.7 Å². The van der Waals surface area contributed by atoms with Crippen molar-refractivity contribution in [1.82, 2.24) is 14.8 Å². The first-order valence-corrected chi connectivity index (χ1v) is 5.10. The smallest absolute Gasteiger partial charge is 0.138 e. The summed E-state index contributed by atoms with van der Waals surface area (Å²) in [6, 6.07) is 0.348. The molecule has 1 aromatic heterocycles. The molecule has 1 saturated carbocycles. The van der Waals surface area contributed by atoms with Gasteiger partial charge in [-0.1, -0.05) is 13.8 Å². The van der Waals surface area contributed by atoms with Gasteiger partial charge in [0.05, 0.1) is 0 Å². The van der Waals surface area contributed by atoms with Crippen LogP contribution in [0.4, 0.5) is 0 Å². The van der Waals surface area contributed by atoms with Crippen molar-refractivity contribution in [3.8, 4) is 0 Å². The Kier molecular flexibility index (Phi) is 2.10. The number of rotatable bonds is 2. The van der Waals surface area contributed by atoms with Crippen molar-refractivity contribution in [3.63, 3.8) is 0 Å². The molecular weight excluding hydrogens is 176 g/mol. The Hall–Kier alpha value is -0.900. The molecule has 4 nitrogen and oxygen atoms in total. The van der Waals surface area contributed by atoms with Gasteiger partial charge in [0.1, 0.15) is 12.2 Å². The Balaban J connectivity index is 2.04. The van der Waals surface area contributed by atoms with Gasteiger partial charge in [-0.3, -0.25) is 4.68 Å². The lowest BCUT2D eigenvalue weighted by Crippen LogP contribution is -2.55. The van der Waals surface area contributed by atoms with Crippen molar-refractivity contribution in [1.29, 1.82) is 0 Å². The number of aromatic nitrogens is 3. The predicted octanol–water partition coefficient (Wildman–Crippen LogP) is 0.731. The molecule has 1 aromatic rings. The summed E-state index contributed by atoms with van der Waals surface area (Å²) < 4.78 is 1.85. The van der Waals surface area contributed by atoms with Crippen LogP contribution in [0.1, 0.15) is 26.1 Å². The second-order valence-corrected chi connectivity index (χ2v) is 4.86. The maximum Gasteiger partial charge on any atom is 0.138 e. The van der Waals surface area contributed by atoms with Crippen molar-refractivity contribution >= 4 is 0 Å². The fraction of sp³-hybridized carbons (Fsp3) is 0.800. The minimum Gasteiger partial charge on any atom is -0.327 e. The fourth-order valence-corrected chi connectivity index (χ4v) is 2.13. The van der Waals surface area contributed by atoms with E-state index in [0.29, 0.717) is 12.0 Å². The molecule has 2 N–H and O–H groups in total. The van der Waals surface area contributed by atoms with E-state index in [-0.39, 0.29) is 5.41 Å². The van der Waals surface area contributed by atoms with Crippen LogP contribution in [0.3, 0.4) is 0 Å². The van der Waals surface area contributed by atoms with E-state index in [9.17, 15) is 0 Å². The molecule has 0 aliphatic heterocycles. The van der Waals surface area contributed by atoms with Gasteiger partial charge in [-0.2, -0.15) is 5.10 Å². The van der Waals surface area contributed by atoms with Crippen LogP contribution in [0.5, 0.6) is 0 Å². The lowest BCUT2D eigenvalue weighted by atomic mass is 9.58. The summed E-state index contributed by atoms with van der Waals surface area (Å²) >= 11 is 0. The highest BCUT2D eigenvalue weighted by atomic mass is 15.3. The summed E-state index contributed by atoms with van der Waals surface area (Å²) in [4.78, 5) is 4.24. The first-order valence-electron chi connectivity index (χ1n) is 5.10. The van der Waals surface area contributed by atoms with Crippen LogP contribution >= 0.6 is 0 Å². The zero-order valence-electron chi connectivity index (χ0n) is 9.07. The van der Waals surface area contributed by atoms with Gasteiger partial charge in [0.15, 0.2) is 0 Å². The molecule has 0 bridgehead atoms. The molecule has 2 rings (SSSR count). The summed E-state index contributed by atoms with van der Waals surface area (Å²) in [5.74, 6) is 1.72. The van der Waals surface area contributed by atoms with Crippen LogP contribution < -0.4 is 5.73 Å². The van der Waals surface area contributed by atoms with Crippen molar-refractivity contribution < 1.29 is 0 Å². The van der Waals surface area contributed by atoms with E-state index in [1.165, 1.54) is 0 Å². The van der Waals surface area contributed by atoms with Crippen molar-refractivity contribution in [2.75, 3.05) is 0 Å². The van der Waals surface area contributed by atoms with Gasteiger partial charge >= 0.3 is 0 Å². The third kappa shape index (κ3) is 1.34. The lowest BCUT2D eigenvalue weighted by Gasteiger charge is -2.50. The second kappa shape index (κ2) is 3.05. The SMILES string of the molecule is Cn1ncnc1CC1CC(N)C1(C)C. The highest BCUT2D eigenvalue weighted by Gasteiger charge is 2.45. The minimum absolute atomic E-state index is 0.256. The first-order chi connectivity index (χ1) is 6.51. The molecule has 2 unspecified atom stereocenters. The molecule has 2 atom stereocenters. The second-order valence-electron chi connectivity index (χ2n) is 4.86. The highest BCUT2D eigenvalue weighted by molar-refractivity contribution is 5.03. The zero-order chi connectivity index (χ0) is 10.3. The number of nitrogens with two attached hydrogens (primary N) is 1. The molecule has 1 aliphatic rings. The standard InChI is InChI=1S/C10H18N4/c1-10(2)7(4-8(10)11)5-9-12-6-13-14(9)3/h6-8H,4-5,11H2,1-3H3. The Morgan fingerprint density at radius 3 is 2.79 bits per heavy atom. The molecule has 0 spiro atoms. The quantitative estimate of drug-likeness (QED) is 0.755. The molecule has 0 aromatic carbocycles. The molecule has 0 amide bonds. The summed E-state index contributed by atoms with van der Waals surface area (Å²) in [6.07, 6.45) is 3.72. The number of hydrogen-bond donors (Lipinski definition) is 1. The van der Waals surface area contributed by atoms with E-state index in [0.717, 1.165) is 18.7 Å². The van der Waals surface area contributed by atoms with E-state index in [2.05, 4.69) is 23.9 Å². The summed E-state index contributed by atoms with van der Waals surface area (Å²) in [5, 5.41) is 4.07. The highest BCUT2D eigenvalue weighted by Crippen LogP contribution is 2.46. The largest absolute Gasteiger partial charge is 0.327 e. The van der Waals surface area contributed by atoms with Crippen LogP contribution in [0.15, 0.2) is 6.33 Å². The van der Waals surface area contributed by atoms with Crippen LogP contribution in [0.2, 0.25) is 0 Å². The maximum atomic E-state index is 5.97. The molecule has 78 valence electrons. The third-order valence-electron chi connectivity index (χ3n) is 3.78. The molecule has 14 heavy (non-hydrogen) atoms.